The molecule has 1 fully saturated rings. The van der Waals surface area contributed by atoms with Crippen molar-refractivity contribution in [3.8, 4) is 0 Å². The van der Waals surface area contributed by atoms with Crippen LogP contribution < -0.4 is 10.4 Å². The van der Waals surface area contributed by atoms with E-state index in [0.29, 0.717) is 5.56 Å². The second-order valence-corrected chi connectivity index (χ2v) is 15.0. The summed E-state index contributed by atoms with van der Waals surface area (Å²) < 4.78 is 52.1. The van der Waals surface area contributed by atoms with Gasteiger partial charge in [0.25, 0.3) is 8.32 Å². The van der Waals surface area contributed by atoms with Crippen molar-refractivity contribution in [2.45, 2.75) is 57.2 Å². The summed E-state index contributed by atoms with van der Waals surface area (Å²) in [6.45, 7) is 8.81. The Kier molecular flexibility index (Phi) is 7.23. The van der Waals surface area contributed by atoms with Crippen LogP contribution in [-0.4, -0.2) is 26.1 Å². The first-order valence-electron chi connectivity index (χ1n) is 12.2. The number of aliphatic hydroxyl groups is 1. The van der Waals surface area contributed by atoms with Gasteiger partial charge in [-0.1, -0.05) is 100 Å². The SMILES string of the molecule is C[C@H]1CC(O)(c2ccc(C(F)(F)F)cc2)O[C@@H]1CO[Si](c1ccccc1)(c1ccccc1)C(C)(C)C. The first-order chi connectivity index (χ1) is 16.9. The van der Waals surface area contributed by atoms with Crippen molar-refractivity contribution in [2.75, 3.05) is 6.61 Å². The van der Waals surface area contributed by atoms with Crippen LogP contribution in [0.1, 0.15) is 45.2 Å². The van der Waals surface area contributed by atoms with Crippen LogP contribution in [0.4, 0.5) is 13.2 Å². The first kappa shape index (κ1) is 26.6. The van der Waals surface area contributed by atoms with Gasteiger partial charge in [-0.2, -0.15) is 13.2 Å². The maximum absolute atomic E-state index is 13.0. The lowest BCUT2D eigenvalue weighted by Gasteiger charge is -2.43. The van der Waals surface area contributed by atoms with Gasteiger partial charge in [-0.15, -0.1) is 0 Å². The third-order valence-corrected chi connectivity index (χ3v) is 12.1. The minimum absolute atomic E-state index is 0.0597. The number of benzene rings is 3. The standard InChI is InChI=1S/C29H33F3O3Si/c1-21-19-28(33,22-15-17-23(18-16-22)29(30,31)32)35-26(21)20-34-36(27(2,3)4,24-11-7-5-8-12-24)25-13-9-6-10-14-25/h5-18,21,26,33H,19-20H2,1-4H3/t21-,26+,28?/m0/s1. The van der Waals surface area contributed by atoms with Crippen molar-refractivity contribution < 1.29 is 27.4 Å². The van der Waals surface area contributed by atoms with Gasteiger partial charge in [0.2, 0.25) is 0 Å². The van der Waals surface area contributed by atoms with E-state index >= 15 is 0 Å². The minimum Gasteiger partial charge on any atom is -0.405 e. The summed E-state index contributed by atoms with van der Waals surface area (Å²) in [5.74, 6) is -1.72. The highest BCUT2D eigenvalue weighted by Gasteiger charge is 2.52. The van der Waals surface area contributed by atoms with Gasteiger partial charge >= 0.3 is 6.18 Å². The molecule has 0 bridgehead atoms. The lowest BCUT2D eigenvalue weighted by Crippen LogP contribution is -2.67. The van der Waals surface area contributed by atoms with E-state index in [1.165, 1.54) is 12.1 Å². The second-order valence-electron chi connectivity index (χ2n) is 10.7. The number of ether oxygens (including phenoxy) is 1. The Bertz CT molecular complexity index is 1100. The molecule has 3 nitrogen and oxygen atoms in total. The molecule has 1 saturated heterocycles. The van der Waals surface area contributed by atoms with Crippen LogP contribution in [-0.2, 0) is 21.1 Å². The Morgan fingerprint density at radius 3 is 1.83 bits per heavy atom. The fourth-order valence-corrected chi connectivity index (χ4v) is 9.82. The average molecular weight is 515 g/mol. The molecule has 0 spiro atoms. The summed E-state index contributed by atoms with van der Waals surface area (Å²) in [4.78, 5) is 0. The van der Waals surface area contributed by atoms with Crippen molar-refractivity contribution in [3.05, 3.63) is 96.1 Å². The Morgan fingerprint density at radius 2 is 1.39 bits per heavy atom. The highest BCUT2D eigenvalue weighted by atomic mass is 28.4. The van der Waals surface area contributed by atoms with Gasteiger partial charge in [-0.05, 0) is 33.5 Å². The molecule has 0 saturated carbocycles. The number of alkyl halides is 3. The van der Waals surface area contributed by atoms with E-state index in [9.17, 15) is 18.3 Å². The van der Waals surface area contributed by atoms with E-state index in [2.05, 4.69) is 45.0 Å². The van der Waals surface area contributed by atoms with Crippen LogP contribution in [0.15, 0.2) is 84.9 Å². The minimum atomic E-state index is -4.43. The van der Waals surface area contributed by atoms with Crippen LogP contribution in [0.2, 0.25) is 5.04 Å². The number of hydrogen-bond donors (Lipinski definition) is 1. The van der Waals surface area contributed by atoms with Crippen LogP contribution in [0, 0.1) is 5.92 Å². The molecule has 3 aromatic carbocycles. The number of halogens is 3. The van der Waals surface area contributed by atoms with Crippen molar-refractivity contribution in [3.63, 3.8) is 0 Å². The summed E-state index contributed by atoms with van der Waals surface area (Å²) in [7, 11) is -2.79. The first-order valence-corrected chi connectivity index (χ1v) is 14.1. The molecule has 3 atom stereocenters. The van der Waals surface area contributed by atoms with Crippen LogP contribution in [0.3, 0.4) is 0 Å². The van der Waals surface area contributed by atoms with Crippen LogP contribution in [0.25, 0.3) is 0 Å². The maximum Gasteiger partial charge on any atom is 0.416 e. The monoisotopic (exact) mass is 514 g/mol. The zero-order chi connectivity index (χ0) is 26.2. The lowest BCUT2D eigenvalue weighted by molar-refractivity contribution is -0.205. The predicted octanol–water partition coefficient (Wildman–Crippen LogP) is 5.85. The summed E-state index contributed by atoms with van der Waals surface area (Å²) in [6, 6.07) is 25.1. The van der Waals surface area contributed by atoms with Gasteiger partial charge in [0.1, 0.15) is 0 Å². The summed E-state index contributed by atoms with van der Waals surface area (Å²) in [6.07, 6.45) is -4.58. The van der Waals surface area contributed by atoms with Gasteiger partial charge in [0.15, 0.2) is 5.79 Å². The molecule has 0 aromatic heterocycles. The zero-order valence-corrected chi connectivity index (χ0v) is 22.0. The smallest absolute Gasteiger partial charge is 0.405 e. The van der Waals surface area contributed by atoms with E-state index in [0.717, 1.165) is 22.5 Å². The zero-order valence-electron chi connectivity index (χ0n) is 21.0. The summed E-state index contributed by atoms with van der Waals surface area (Å²) >= 11 is 0. The predicted molar refractivity (Wildman–Crippen MR) is 138 cm³/mol. The number of rotatable bonds is 6. The molecule has 0 radical (unpaired) electrons. The van der Waals surface area contributed by atoms with E-state index in [-0.39, 0.29) is 24.0 Å². The average Bonchev–Trinajstić information content (AvgIpc) is 3.14. The lowest BCUT2D eigenvalue weighted by atomic mass is 9.95. The Balaban J connectivity index is 1.63. The summed E-state index contributed by atoms with van der Waals surface area (Å²) in [5.41, 5.74) is -0.442. The van der Waals surface area contributed by atoms with Crippen LogP contribution in [0.5, 0.6) is 0 Å². The normalized spacial score (nSPS) is 23.1. The molecule has 36 heavy (non-hydrogen) atoms. The molecule has 192 valence electrons. The molecule has 1 N–H and O–H groups in total. The third-order valence-electron chi connectivity index (χ3n) is 7.12. The van der Waals surface area contributed by atoms with E-state index in [1.54, 1.807) is 0 Å². The van der Waals surface area contributed by atoms with Gasteiger partial charge in [-0.3, -0.25) is 0 Å². The molecule has 1 heterocycles. The van der Waals surface area contributed by atoms with Gasteiger partial charge in [0.05, 0.1) is 18.3 Å². The molecule has 3 aromatic rings. The largest absolute Gasteiger partial charge is 0.416 e. The second kappa shape index (κ2) is 9.78. The quantitative estimate of drug-likeness (QED) is 0.420. The molecule has 4 rings (SSSR count). The van der Waals surface area contributed by atoms with E-state index < -0.39 is 31.9 Å². The van der Waals surface area contributed by atoms with Crippen LogP contribution >= 0.6 is 0 Å². The van der Waals surface area contributed by atoms with E-state index in [4.69, 9.17) is 9.16 Å². The van der Waals surface area contributed by atoms with Crippen molar-refractivity contribution >= 4 is 18.7 Å². The molecule has 7 heteroatoms. The van der Waals surface area contributed by atoms with Gasteiger partial charge in [0, 0.05) is 12.0 Å². The molecular formula is C29H33F3O3Si. The van der Waals surface area contributed by atoms with Crippen molar-refractivity contribution in [1.29, 1.82) is 0 Å². The topological polar surface area (TPSA) is 38.7 Å². The Labute approximate surface area is 212 Å². The maximum atomic E-state index is 13.0. The Hall–Kier alpha value is -2.45. The molecule has 0 amide bonds. The van der Waals surface area contributed by atoms with Crippen molar-refractivity contribution in [1.82, 2.24) is 0 Å². The highest BCUT2D eigenvalue weighted by molar-refractivity contribution is 6.99. The molecule has 1 aliphatic heterocycles. The van der Waals surface area contributed by atoms with Crippen molar-refractivity contribution in [2.24, 2.45) is 5.92 Å². The fraction of sp³-hybridized carbons (Fsp3) is 0.379. The molecule has 1 unspecified atom stereocenters. The fourth-order valence-electron chi connectivity index (χ4n) is 5.26. The van der Waals surface area contributed by atoms with E-state index in [1.807, 2.05) is 43.3 Å². The Morgan fingerprint density at radius 1 is 0.889 bits per heavy atom. The molecule has 1 aliphatic rings. The summed E-state index contributed by atoms with van der Waals surface area (Å²) in [5, 5.41) is 13.4. The van der Waals surface area contributed by atoms with Gasteiger partial charge < -0.3 is 14.3 Å². The van der Waals surface area contributed by atoms with Gasteiger partial charge in [-0.25, -0.2) is 0 Å². The molecular weight excluding hydrogens is 481 g/mol. The highest BCUT2D eigenvalue weighted by Crippen LogP contribution is 2.43. The molecule has 0 aliphatic carbocycles. The third kappa shape index (κ3) is 5.02. The number of hydrogen-bond acceptors (Lipinski definition) is 3.